The normalized spacial score (nSPS) is 18.8. The minimum Gasteiger partial charge on any atom is -0.466 e. The highest BCUT2D eigenvalue weighted by Crippen LogP contribution is 2.34. The van der Waals surface area contributed by atoms with Crippen LogP contribution < -0.4 is 10.6 Å². The lowest BCUT2D eigenvalue weighted by Crippen LogP contribution is -2.48. The predicted octanol–water partition coefficient (Wildman–Crippen LogP) is 2.93. The number of nitrogens with zero attached hydrogens (tertiary/aromatic N) is 1. The molecule has 1 saturated heterocycles. The Labute approximate surface area is 171 Å². The van der Waals surface area contributed by atoms with Crippen LogP contribution in [-0.2, 0) is 15.8 Å². The summed E-state index contributed by atoms with van der Waals surface area (Å²) in [5.74, 6) is 0.857. The molecule has 0 spiro atoms. The van der Waals surface area contributed by atoms with Crippen LogP contribution in [-0.4, -0.2) is 43.9 Å². The average molecular weight is 403 g/mol. The van der Waals surface area contributed by atoms with Crippen molar-refractivity contribution in [3.05, 3.63) is 59.8 Å². The van der Waals surface area contributed by atoms with Crippen LogP contribution in [0.5, 0.6) is 0 Å². The molecule has 2 heterocycles. The highest BCUT2D eigenvalue weighted by atomic mass is 19.1. The third-order valence-electron chi connectivity index (χ3n) is 5.44. The quantitative estimate of drug-likeness (QED) is 0.489. The van der Waals surface area contributed by atoms with E-state index in [1.165, 1.54) is 18.4 Å². The van der Waals surface area contributed by atoms with Crippen LogP contribution in [0.3, 0.4) is 0 Å². The predicted molar refractivity (Wildman–Crippen MR) is 110 cm³/mol. The number of aliphatic imine (C=N–C) groups is 1. The first-order valence-corrected chi connectivity index (χ1v) is 10.1. The molecule has 1 unspecified atom stereocenters. The van der Waals surface area contributed by atoms with Gasteiger partial charge < -0.3 is 24.9 Å². The van der Waals surface area contributed by atoms with E-state index in [0.29, 0.717) is 38.0 Å². The Morgan fingerprint density at radius 3 is 2.55 bits per heavy atom. The molecule has 0 aliphatic carbocycles. The zero-order valence-electron chi connectivity index (χ0n) is 17.1. The molecule has 3 N–H and O–H groups in total. The van der Waals surface area contributed by atoms with E-state index >= 15 is 0 Å². The van der Waals surface area contributed by atoms with Gasteiger partial charge in [0.1, 0.15) is 17.2 Å². The highest BCUT2D eigenvalue weighted by Gasteiger charge is 2.35. The van der Waals surface area contributed by atoms with Crippen molar-refractivity contribution in [1.82, 2.24) is 10.6 Å². The third-order valence-corrected chi connectivity index (χ3v) is 5.44. The number of hydrogen-bond acceptors (Lipinski definition) is 4. The summed E-state index contributed by atoms with van der Waals surface area (Å²) < 4.78 is 24.3. The van der Waals surface area contributed by atoms with Crippen LogP contribution in [0.1, 0.15) is 38.0 Å². The molecule has 1 aliphatic rings. The Bertz CT molecular complexity index is 782. The highest BCUT2D eigenvalue weighted by molar-refractivity contribution is 5.80. The largest absolute Gasteiger partial charge is 0.466 e. The van der Waals surface area contributed by atoms with Crippen LogP contribution in [0.4, 0.5) is 4.39 Å². The average Bonchev–Trinajstić information content (AvgIpc) is 3.27. The maximum atomic E-state index is 13.4. The molecule has 1 aliphatic heterocycles. The fourth-order valence-corrected chi connectivity index (χ4v) is 3.62. The van der Waals surface area contributed by atoms with Crippen LogP contribution in [0, 0.1) is 5.82 Å². The molecule has 1 aromatic heterocycles. The van der Waals surface area contributed by atoms with E-state index in [2.05, 4.69) is 15.6 Å². The van der Waals surface area contributed by atoms with Gasteiger partial charge in [0.05, 0.1) is 12.8 Å². The van der Waals surface area contributed by atoms with E-state index in [0.717, 1.165) is 18.4 Å². The number of guanidine groups is 1. The monoisotopic (exact) mass is 403 g/mol. The van der Waals surface area contributed by atoms with Gasteiger partial charge in [-0.2, -0.15) is 0 Å². The number of nitrogens with one attached hydrogen (secondary N) is 2. The lowest BCUT2D eigenvalue weighted by atomic mass is 9.74. The van der Waals surface area contributed by atoms with Crippen LogP contribution in [0.15, 0.2) is 52.1 Å². The van der Waals surface area contributed by atoms with Crippen molar-refractivity contribution in [2.75, 3.05) is 32.8 Å². The molecular weight excluding hydrogens is 373 g/mol. The summed E-state index contributed by atoms with van der Waals surface area (Å²) in [5.41, 5.74) is -0.265. The molecule has 1 aromatic carbocycles. The minimum absolute atomic E-state index is 0.155. The summed E-state index contributed by atoms with van der Waals surface area (Å²) in [7, 11) is 0. The lowest BCUT2D eigenvalue weighted by Gasteiger charge is -2.38. The van der Waals surface area contributed by atoms with Crippen molar-refractivity contribution in [2.45, 2.75) is 37.7 Å². The zero-order chi connectivity index (χ0) is 20.7. The third kappa shape index (κ3) is 5.36. The SMILES string of the molecule is CCNC(=NCC(C)(O)c1ccco1)NCC1(c2ccc(F)cc2)CCOCC1. The smallest absolute Gasteiger partial charge is 0.191 e. The number of halogens is 1. The van der Waals surface area contributed by atoms with Crippen molar-refractivity contribution >= 4 is 5.96 Å². The second-order valence-corrected chi connectivity index (χ2v) is 7.70. The van der Waals surface area contributed by atoms with E-state index in [1.54, 1.807) is 19.1 Å². The Hall–Kier alpha value is -2.38. The first-order chi connectivity index (χ1) is 14.0. The van der Waals surface area contributed by atoms with Gasteiger partial charge >= 0.3 is 0 Å². The van der Waals surface area contributed by atoms with Crippen molar-refractivity contribution in [3.63, 3.8) is 0 Å². The van der Waals surface area contributed by atoms with Gasteiger partial charge in [-0.05, 0) is 56.5 Å². The summed E-state index contributed by atoms with van der Waals surface area (Å²) in [6.45, 7) is 6.49. The Morgan fingerprint density at radius 1 is 1.21 bits per heavy atom. The maximum absolute atomic E-state index is 13.4. The van der Waals surface area contributed by atoms with Crippen molar-refractivity contribution in [1.29, 1.82) is 0 Å². The van der Waals surface area contributed by atoms with Crippen LogP contribution in [0.25, 0.3) is 0 Å². The number of ether oxygens (including phenoxy) is 1. The molecule has 7 heteroatoms. The van der Waals surface area contributed by atoms with Crippen molar-refractivity contribution < 1.29 is 18.7 Å². The molecule has 0 saturated carbocycles. The standard InChI is InChI=1S/C22H30FN3O3/c1-3-24-20(25-15-21(2,27)19-5-4-12-29-19)26-16-22(10-13-28-14-11-22)17-6-8-18(23)9-7-17/h4-9,12,27H,3,10-11,13-16H2,1-2H3,(H2,24,25,26). The number of hydrogen-bond donors (Lipinski definition) is 3. The molecule has 3 rings (SSSR count). The van der Waals surface area contributed by atoms with Gasteiger partial charge in [-0.1, -0.05) is 12.1 Å². The van der Waals surface area contributed by atoms with E-state index in [9.17, 15) is 9.50 Å². The second-order valence-electron chi connectivity index (χ2n) is 7.70. The molecule has 1 fully saturated rings. The summed E-state index contributed by atoms with van der Waals surface area (Å²) >= 11 is 0. The molecule has 1 atom stereocenters. The van der Waals surface area contributed by atoms with Gasteiger partial charge in [0, 0.05) is 31.7 Å². The Balaban J connectivity index is 1.73. The van der Waals surface area contributed by atoms with Crippen molar-refractivity contribution in [2.24, 2.45) is 4.99 Å². The van der Waals surface area contributed by atoms with E-state index < -0.39 is 5.60 Å². The van der Waals surface area contributed by atoms with E-state index in [1.807, 2.05) is 19.1 Å². The first-order valence-electron chi connectivity index (χ1n) is 10.1. The van der Waals surface area contributed by atoms with E-state index in [-0.39, 0.29) is 17.8 Å². The summed E-state index contributed by atoms with van der Waals surface area (Å²) in [4.78, 5) is 4.56. The molecule has 29 heavy (non-hydrogen) atoms. The molecule has 2 aromatic rings. The molecule has 158 valence electrons. The van der Waals surface area contributed by atoms with Gasteiger partial charge in [-0.25, -0.2) is 9.38 Å². The van der Waals surface area contributed by atoms with E-state index in [4.69, 9.17) is 9.15 Å². The number of rotatable bonds is 7. The Morgan fingerprint density at radius 2 is 1.93 bits per heavy atom. The fourth-order valence-electron chi connectivity index (χ4n) is 3.62. The van der Waals surface area contributed by atoms with Gasteiger partial charge in [-0.15, -0.1) is 0 Å². The summed E-state index contributed by atoms with van der Waals surface area (Å²) in [6.07, 6.45) is 3.22. The molecule has 6 nitrogen and oxygen atoms in total. The number of furan rings is 1. The van der Waals surface area contributed by atoms with Crippen molar-refractivity contribution in [3.8, 4) is 0 Å². The topological polar surface area (TPSA) is 79.0 Å². The second kappa shape index (κ2) is 9.41. The summed E-state index contributed by atoms with van der Waals surface area (Å²) in [6, 6.07) is 10.2. The Kier molecular flexibility index (Phi) is 6.92. The summed E-state index contributed by atoms with van der Waals surface area (Å²) in [5, 5.41) is 17.3. The molecule has 0 amide bonds. The fraction of sp³-hybridized carbons (Fsp3) is 0.500. The van der Waals surface area contributed by atoms with Gasteiger partial charge in [0.15, 0.2) is 5.96 Å². The number of aliphatic hydroxyl groups is 1. The van der Waals surface area contributed by atoms with Gasteiger partial charge in [-0.3, -0.25) is 0 Å². The lowest BCUT2D eigenvalue weighted by molar-refractivity contribution is 0.0435. The van der Waals surface area contributed by atoms with Crippen LogP contribution in [0.2, 0.25) is 0 Å². The molecule has 0 radical (unpaired) electrons. The molecular formula is C22H30FN3O3. The maximum Gasteiger partial charge on any atom is 0.191 e. The van der Waals surface area contributed by atoms with Crippen LogP contribution >= 0.6 is 0 Å². The first kappa shape index (κ1) is 21.3. The number of benzene rings is 1. The minimum atomic E-state index is -1.20. The van der Waals surface area contributed by atoms with Gasteiger partial charge in [0.25, 0.3) is 0 Å². The zero-order valence-corrected chi connectivity index (χ0v) is 17.1. The van der Waals surface area contributed by atoms with Gasteiger partial charge in [0.2, 0.25) is 0 Å². The molecule has 0 bridgehead atoms.